The number of hydrogen-bond donors (Lipinski definition) is 2. The standard InChI is InChI=1S/C36H52F2N4O4/c1-33(2,3)24-15-16-26(46-10)23(19-24)21-40-27-28(25-14-12-18-39-30(25)41(8)9)42(31(43)22-13-11-17-36(37,38)20-22)35(7,32(44)45)29(27)34(4,5)6/h12,14-16,18-19,22,27-29,40H,11,13,17,20-21H2,1-10H3,(H,44,45)/t22-,27-,28+,29-,35+/m1/s1. The lowest BCUT2D eigenvalue weighted by molar-refractivity contribution is -0.166. The average Bonchev–Trinajstić information content (AvgIpc) is 3.24. The zero-order chi connectivity index (χ0) is 34.4. The smallest absolute Gasteiger partial charge is 0.329 e. The minimum absolute atomic E-state index is 0.117. The first-order valence-electron chi connectivity index (χ1n) is 16.2. The van der Waals surface area contributed by atoms with Gasteiger partial charge in [-0.2, -0.15) is 0 Å². The van der Waals surface area contributed by atoms with Crippen LogP contribution in [0.4, 0.5) is 14.6 Å². The minimum atomic E-state index is -2.98. The molecule has 5 atom stereocenters. The van der Waals surface area contributed by atoms with E-state index in [0.717, 1.165) is 11.1 Å². The molecule has 8 nitrogen and oxygen atoms in total. The van der Waals surface area contributed by atoms with Crippen LogP contribution in [0.25, 0.3) is 0 Å². The summed E-state index contributed by atoms with van der Waals surface area (Å²) in [6.45, 7) is 14.3. The molecular formula is C36H52F2N4O4. The summed E-state index contributed by atoms with van der Waals surface area (Å²) >= 11 is 0. The molecule has 2 N–H and O–H groups in total. The Hall–Kier alpha value is -3.27. The number of benzene rings is 1. The summed E-state index contributed by atoms with van der Waals surface area (Å²) in [5.74, 6) is -5.03. The highest BCUT2D eigenvalue weighted by molar-refractivity contribution is 5.90. The first kappa shape index (κ1) is 35.6. The van der Waals surface area contributed by atoms with E-state index in [1.165, 1.54) is 4.90 Å². The van der Waals surface area contributed by atoms with Crippen molar-refractivity contribution >= 4 is 17.7 Å². The second-order valence-corrected chi connectivity index (χ2v) is 15.6. The molecule has 1 aromatic heterocycles. The number of alkyl halides is 2. The van der Waals surface area contributed by atoms with Gasteiger partial charge in [0, 0.05) is 68.7 Å². The molecule has 1 aromatic carbocycles. The lowest BCUT2D eigenvalue weighted by atomic mass is 9.67. The normalized spacial score (nSPS) is 26.6. The van der Waals surface area contributed by atoms with Crippen LogP contribution < -0.4 is 15.0 Å². The van der Waals surface area contributed by atoms with Crippen LogP contribution in [-0.2, 0) is 21.5 Å². The van der Waals surface area contributed by atoms with Gasteiger partial charge in [0.15, 0.2) is 0 Å². The zero-order valence-corrected chi connectivity index (χ0v) is 29.1. The Morgan fingerprint density at radius 3 is 2.37 bits per heavy atom. The predicted octanol–water partition coefficient (Wildman–Crippen LogP) is 6.83. The number of carboxylic acid groups (broad SMARTS) is 1. The quantitative estimate of drug-likeness (QED) is 0.326. The van der Waals surface area contributed by atoms with Crippen LogP contribution in [0.2, 0.25) is 0 Å². The topological polar surface area (TPSA) is 95.0 Å². The molecule has 254 valence electrons. The molecule has 1 saturated heterocycles. The van der Waals surface area contributed by atoms with Gasteiger partial charge in [0.2, 0.25) is 11.8 Å². The van der Waals surface area contributed by atoms with Crippen LogP contribution in [0.1, 0.15) is 96.9 Å². The zero-order valence-electron chi connectivity index (χ0n) is 29.1. The molecule has 4 rings (SSSR count). The van der Waals surface area contributed by atoms with Crippen LogP contribution in [-0.4, -0.2) is 65.6 Å². The molecule has 0 spiro atoms. The summed E-state index contributed by atoms with van der Waals surface area (Å²) in [7, 11) is 5.31. The van der Waals surface area contributed by atoms with Gasteiger partial charge in [-0.1, -0.05) is 59.7 Å². The number of aliphatic carboxylic acids is 1. The van der Waals surface area contributed by atoms with Gasteiger partial charge in [0.1, 0.15) is 17.1 Å². The summed E-state index contributed by atoms with van der Waals surface area (Å²) in [5, 5.41) is 14.8. The van der Waals surface area contributed by atoms with E-state index >= 15 is 0 Å². The number of ether oxygens (including phenoxy) is 1. The molecule has 1 amide bonds. The van der Waals surface area contributed by atoms with Gasteiger partial charge >= 0.3 is 5.97 Å². The number of hydrogen-bond acceptors (Lipinski definition) is 6. The predicted molar refractivity (Wildman–Crippen MR) is 176 cm³/mol. The first-order chi connectivity index (χ1) is 21.2. The number of carboxylic acids is 1. The number of aromatic nitrogens is 1. The Morgan fingerprint density at radius 2 is 1.83 bits per heavy atom. The summed E-state index contributed by atoms with van der Waals surface area (Å²) in [6.07, 6.45) is 1.29. The Kier molecular flexibility index (Phi) is 9.85. The van der Waals surface area contributed by atoms with Crippen molar-refractivity contribution in [2.24, 2.45) is 17.3 Å². The van der Waals surface area contributed by atoms with Crippen LogP contribution in [0, 0.1) is 17.3 Å². The summed E-state index contributed by atoms with van der Waals surface area (Å²) in [6, 6.07) is 8.33. The first-order valence-corrected chi connectivity index (χ1v) is 16.2. The Bertz CT molecular complexity index is 1430. The van der Waals surface area contributed by atoms with Crippen molar-refractivity contribution in [2.75, 3.05) is 26.1 Å². The van der Waals surface area contributed by atoms with Crippen molar-refractivity contribution < 1.29 is 28.2 Å². The maximum atomic E-state index is 14.8. The monoisotopic (exact) mass is 642 g/mol. The molecule has 2 heterocycles. The Morgan fingerprint density at radius 1 is 1.15 bits per heavy atom. The van der Waals surface area contributed by atoms with Crippen molar-refractivity contribution in [3.05, 3.63) is 53.2 Å². The average molecular weight is 643 g/mol. The van der Waals surface area contributed by atoms with E-state index in [1.54, 1.807) is 26.3 Å². The van der Waals surface area contributed by atoms with E-state index < -0.39 is 59.1 Å². The van der Waals surface area contributed by atoms with Crippen LogP contribution in [0.15, 0.2) is 36.5 Å². The van der Waals surface area contributed by atoms with Crippen molar-refractivity contribution in [1.82, 2.24) is 15.2 Å². The van der Waals surface area contributed by atoms with E-state index in [-0.39, 0.29) is 24.7 Å². The third kappa shape index (κ3) is 6.73. The molecule has 1 saturated carbocycles. The third-order valence-electron chi connectivity index (χ3n) is 9.91. The molecule has 10 heteroatoms. The van der Waals surface area contributed by atoms with Gasteiger partial charge < -0.3 is 25.0 Å². The maximum absolute atomic E-state index is 14.8. The summed E-state index contributed by atoms with van der Waals surface area (Å²) in [5.41, 5.74) is 0.222. The second-order valence-electron chi connectivity index (χ2n) is 15.6. The lowest BCUT2D eigenvalue weighted by Gasteiger charge is -2.44. The van der Waals surface area contributed by atoms with Crippen molar-refractivity contribution in [3.8, 4) is 5.75 Å². The van der Waals surface area contributed by atoms with Crippen LogP contribution in [0.5, 0.6) is 5.75 Å². The van der Waals surface area contributed by atoms with Crippen molar-refractivity contribution in [1.29, 1.82) is 0 Å². The largest absolute Gasteiger partial charge is 0.496 e. The van der Waals surface area contributed by atoms with E-state index in [0.29, 0.717) is 23.7 Å². The Labute approximate surface area is 272 Å². The molecule has 2 aliphatic rings. The number of pyridine rings is 1. The number of amides is 1. The van der Waals surface area contributed by atoms with Gasteiger partial charge in [-0.05, 0) is 48.3 Å². The minimum Gasteiger partial charge on any atom is -0.496 e. The number of nitrogens with one attached hydrogen (secondary N) is 1. The highest BCUT2D eigenvalue weighted by Crippen LogP contribution is 2.56. The molecule has 0 unspecified atom stereocenters. The second kappa shape index (κ2) is 12.7. The molecule has 2 aromatic rings. The number of methoxy groups -OCH3 is 1. The van der Waals surface area contributed by atoms with Gasteiger partial charge in [0.25, 0.3) is 0 Å². The number of anilines is 1. The highest BCUT2D eigenvalue weighted by Gasteiger charge is 2.66. The van der Waals surface area contributed by atoms with Gasteiger partial charge in [0.05, 0.1) is 13.2 Å². The molecule has 46 heavy (non-hydrogen) atoms. The molecule has 1 aliphatic carbocycles. The van der Waals surface area contributed by atoms with Crippen LogP contribution >= 0.6 is 0 Å². The lowest BCUT2D eigenvalue weighted by Crippen LogP contribution is -2.59. The fraction of sp³-hybridized carbons (Fsp3) is 0.639. The molecular weight excluding hydrogens is 590 g/mol. The number of halogens is 2. The van der Waals surface area contributed by atoms with E-state index in [1.807, 2.05) is 58.0 Å². The number of nitrogens with zero attached hydrogens (tertiary/aromatic N) is 3. The van der Waals surface area contributed by atoms with Gasteiger partial charge in [-0.15, -0.1) is 0 Å². The Balaban J connectivity index is 1.95. The fourth-order valence-corrected chi connectivity index (χ4v) is 7.88. The highest BCUT2D eigenvalue weighted by atomic mass is 19.3. The third-order valence-corrected chi connectivity index (χ3v) is 9.91. The maximum Gasteiger partial charge on any atom is 0.329 e. The van der Waals surface area contributed by atoms with Crippen molar-refractivity contribution in [3.63, 3.8) is 0 Å². The number of likely N-dealkylation sites (tertiary alicyclic amines) is 1. The number of carbonyl (C=O) groups is 2. The number of carbonyl (C=O) groups excluding carboxylic acids is 1. The van der Waals surface area contributed by atoms with Gasteiger partial charge in [-0.25, -0.2) is 18.6 Å². The van der Waals surface area contributed by atoms with E-state index in [4.69, 9.17) is 4.74 Å². The number of rotatable bonds is 8. The van der Waals surface area contributed by atoms with E-state index in [2.05, 4.69) is 37.1 Å². The molecule has 0 bridgehead atoms. The fourth-order valence-electron chi connectivity index (χ4n) is 7.88. The SMILES string of the molecule is COc1ccc(C(C)(C)C)cc1CN[C@H]1[C@H](C(C)(C)C)[C@@](C)(C(=O)O)N(C(=O)[C@@H]2CCCC(F)(F)C2)[C@H]1c1cccnc1N(C)C. The summed E-state index contributed by atoms with van der Waals surface area (Å²) in [4.78, 5) is 36.1. The molecule has 1 aliphatic heterocycles. The molecule has 0 radical (unpaired) electrons. The summed E-state index contributed by atoms with van der Waals surface area (Å²) < 4.78 is 35.2. The van der Waals surface area contributed by atoms with Gasteiger partial charge in [-0.3, -0.25) is 4.79 Å². The van der Waals surface area contributed by atoms with Crippen molar-refractivity contribution in [2.45, 2.75) is 110 Å². The van der Waals surface area contributed by atoms with E-state index in [9.17, 15) is 23.5 Å². The van der Waals surface area contributed by atoms with Crippen LogP contribution in [0.3, 0.4) is 0 Å². The molecule has 2 fully saturated rings.